The summed E-state index contributed by atoms with van der Waals surface area (Å²) in [6.45, 7) is 0. The van der Waals surface area contributed by atoms with Gasteiger partial charge in [0.2, 0.25) is 0 Å². The molecule has 0 saturated carbocycles. The number of fused-ring (bicyclic) bond motifs is 1. The molecule has 0 radical (unpaired) electrons. The first-order valence-electron chi connectivity index (χ1n) is 6.32. The number of rotatable bonds is 3. The van der Waals surface area contributed by atoms with Crippen molar-refractivity contribution in [1.29, 1.82) is 0 Å². The highest BCUT2D eigenvalue weighted by Crippen LogP contribution is 2.39. The summed E-state index contributed by atoms with van der Waals surface area (Å²) in [4.78, 5) is 4.29. The fourth-order valence-corrected chi connectivity index (χ4v) is 4.75. The predicted molar refractivity (Wildman–Crippen MR) is 81.3 cm³/mol. The first kappa shape index (κ1) is 13.0. The minimum atomic E-state index is -0.267. The summed E-state index contributed by atoms with van der Waals surface area (Å²) < 4.78 is 0. The van der Waals surface area contributed by atoms with Gasteiger partial charge in [0, 0.05) is 11.4 Å². The second kappa shape index (κ2) is 5.99. The molecule has 98 valence electrons. The topological polar surface area (TPSA) is 33.1 Å². The van der Waals surface area contributed by atoms with Crippen molar-refractivity contribution in [3.63, 3.8) is 0 Å². The molecule has 2 unspecified atom stereocenters. The molecular weight excluding hydrogens is 274 g/mol. The van der Waals surface area contributed by atoms with Crippen LogP contribution in [0.3, 0.4) is 0 Å². The van der Waals surface area contributed by atoms with Crippen molar-refractivity contribution >= 4 is 21.6 Å². The Bertz CT molecular complexity index is 547. The van der Waals surface area contributed by atoms with E-state index in [1.165, 1.54) is 11.1 Å². The number of aromatic nitrogens is 1. The summed E-state index contributed by atoms with van der Waals surface area (Å²) in [7, 11) is 3.38. The van der Waals surface area contributed by atoms with Gasteiger partial charge in [0.25, 0.3) is 0 Å². The van der Waals surface area contributed by atoms with Crippen molar-refractivity contribution in [2.24, 2.45) is 0 Å². The minimum Gasteiger partial charge on any atom is -0.392 e. The largest absolute Gasteiger partial charge is 0.392 e. The highest BCUT2D eigenvalue weighted by atomic mass is 33.1. The Kier molecular flexibility index (Phi) is 4.11. The van der Waals surface area contributed by atoms with E-state index in [-0.39, 0.29) is 11.4 Å². The molecule has 1 aromatic carbocycles. The maximum Gasteiger partial charge on any atom is 0.106 e. The lowest BCUT2D eigenvalue weighted by molar-refractivity contribution is 0.165. The lowest BCUT2D eigenvalue weighted by atomic mass is 9.89. The van der Waals surface area contributed by atoms with Gasteiger partial charge in [-0.15, -0.1) is 0 Å². The van der Waals surface area contributed by atoms with E-state index >= 15 is 0 Å². The first-order chi connectivity index (χ1) is 9.33. The van der Waals surface area contributed by atoms with Crippen LogP contribution in [0.5, 0.6) is 0 Å². The minimum absolute atomic E-state index is 0.238. The molecule has 0 spiro atoms. The van der Waals surface area contributed by atoms with Crippen LogP contribution in [0.15, 0.2) is 53.7 Å². The van der Waals surface area contributed by atoms with Gasteiger partial charge in [0.1, 0.15) is 5.03 Å². The van der Waals surface area contributed by atoms with Gasteiger partial charge in [0.15, 0.2) is 0 Å². The van der Waals surface area contributed by atoms with Crippen molar-refractivity contribution in [3.8, 4) is 0 Å². The molecule has 1 heterocycles. The Morgan fingerprint density at radius 3 is 2.47 bits per heavy atom. The summed E-state index contributed by atoms with van der Waals surface area (Å²) in [6.07, 6.45) is 3.23. The van der Waals surface area contributed by atoms with Crippen LogP contribution < -0.4 is 0 Å². The van der Waals surface area contributed by atoms with Gasteiger partial charge in [-0.25, -0.2) is 4.98 Å². The number of aliphatic hydroxyl groups is 1. The van der Waals surface area contributed by atoms with E-state index in [9.17, 15) is 5.11 Å². The maximum absolute atomic E-state index is 10.2. The number of aliphatic hydroxyl groups excluding tert-OH is 1. The molecule has 2 aromatic rings. The summed E-state index contributed by atoms with van der Waals surface area (Å²) in [5, 5.41) is 11.5. The average molecular weight is 289 g/mol. The molecule has 4 heteroatoms. The highest BCUT2D eigenvalue weighted by Gasteiger charge is 2.27. The molecule has 2 atom stereocenters. The lowest BCUT2D eigenvalue weighted by Gasteiger charge is -2.28. The van der Waals surface area contributed by atoms with Gasteiger partial charge in [-0.05, 0) is 46.9 Å². The molecule has 19 heavy (non-hydrogen) atoms. The van der Waals surface area contributed by atoms with Gasteiger partial charge in [-0.2, -0.15) is 0 Å². The monoisotopic (exact) mass is 289 g/mol. The lowest BCUT2D eigenvalue weighted by Crippen LogP contribution is -2.31. The Morgan fingerprint density at radius 1 is 1.00 bits per heavy atom. The van der Waals surface area contributed by atoms with Crippen LogP contribution in [0, 0.1) is 0 Å². The van der Waals surface area contributed by atoms with E-state index in [0.29, 0.717) is 0 Å². The van der Waals surface area contributed by atoms with Crippen molar-refractivity contribution in [2.45, 2.75) is 29.2 Å². The molecule has 0 bridgehead atoms. The van der Waals surface area contributed by atoms with Gasteiger partial charge in [0.05, 0.1) is 6.10 Å². The van der Waals surface area contributed by atoms with Crippen LogP contribution >= 0.6 is 21.6 Å². The molecule has 1 aliphatic carbocycles. The van der Waals surface area contributed by atoms with Crippen LogP contribution in [-0.2, 0) is 12.8 Å². The normalized spacial score (nSPS) is 21.9. The Labute approximate surface area is 121 Å². The molecule has 0 aliphatic heterocycles. The average Bonchev–Trinajstić information content (AvgIpc) is 2.46. The molecule has 1 aliphatic rings. The van der Waals surface area contributed by atoms with Gasteiger partial charge < -0.3 is 5.11 Å². The van der Waals surface area contributed by atoms with Crippen LogP contribution in [0.1, 0.15) is 11.1 Å². The molecule has 1 aromatic heterocycles. The van der Waals surface area contributed by atoms with Gasteiger partial charge >= 0.3 is 0 Å². The van der Waals surface area contributed by atoms with E-state index in [2.05, 4.69) is 23.2 Å². The third kappa shape index (κ3) is 3.14. The zero-order valence-corrected chi connectivity index (χ0v) is 12.0. The smallest absolute Gasteiger partial charge is 0.106 e. The molecule has 0 amide bonds. The fourth-order valence-electron chi connectivity index (χ4n) is 2.27. The summed E-state index contributed by atoms with van der Waals surface area (Å²) in [5.41, 5.74) is 2.65. The van der Waals surface area contributed by atoms with E-state index in [4.69, 9.17) is 0 Å². The SMILES string of the molecule is OC1Cc2ccccc2CC1SSc1ccccn1. The third-order valence-corrected chi connectivity index (χ3v) is 6.07. The zero-order chi connectivity index (χ0) is 13.1. The van der Waals surface area contributed by atoms with Crippen molar-refractivity contribution < 1.29 is 5.11 Å². The first-order valence-corrected chi connectivity index (χ1v) is 8.53. The molecular formula is C15H15NOS2. The Hall–Kier alpha value is -0.970. The standard InChI is InChI=1S/C15H15NOS2/c17-13-9-11-5-1-2-6-12(11)10-14(13)18-19-15-7-3-4-8-16-15/h1-8,13-14,17H,9-10H2. The summed E-state index contributed by atoms with van der Waals surface area (Å²) in [5.74, 6) is 0. The summed E-state index contributed by atoms with van der Waals surface area (Å²) >= 11 is 0. The van der Waals surface area contributed by atoms with E-state index in [1.54, 1.807) is 27.8 Å². The second-order valence-corrected chi connectivity index (χ2v) is 7.09. The van der Waals surface area contributed by atoms with Crippen molar-refractivity contribution in [3.05, 3.63) is 59.8 Å². The van der Waals surface area contributed by atoms with Crippen LogP contribution in [0.25, 0.3) is 0 Å². The Morgan fingerprint density at radius 2 is 1.74 bits per heavy atom. The molecule has 2 nitrogen and oxygen atoms in total. The van der Waals surface area contributed by atoms with E-state index in [1.807, 2.05) is 24.3 Å². The number of pyridine rings is 1. The predicted octanol–water partition coefficient (Wildman–Crippen LogP) is 3.35. The molecule has 3 rings (SSSR count). The highest BCUT2D eigenvalue weighted by molar-refractivity contribution is 8.76. The van der Waals surface area contributed by atoms with Crippen molar-refractivity contribution in [1.82, 2.24) is 4.98 Å². The van der Waals surface area contributed by atoms with Crippen LogP contribution in [0.4, 0.5) is 0 Å². The fraction of sp³-hybridized carbons (Fsp3) is 0.267. The maximum atomic E-state index is 10.2. The van der Waals surface area contributed by atoms with Crippen molar-refractivity contribution in [2.75, 3.05) is 0 Å². The molecule has 0 saturated heterocycles. The number of hydrogen-bond acceptors (Lipinski definition) is 4. The number of nitrogens with zero attached hydrogens (tertiary/aromatic N) is 1. The van der Waals surface area contributed by atoms with Crippen LogP contribution in [0.2, 0.25) is 0 Å². The molecule has 0 fully saturated rings. The Balaban J connectivity index is 1.66. The third-order valence-electron chi connectivity index (χ3n) is 3.29. The van der Waals surface area contributed by atoms with E-state index in [0.717, 1.165) is 17.9 Å². The molecule has 1 N–H and O–H groups in total. The summed E-state index contributed by atoms with van der Waals surface area (Å²) in [6, 6.07) is 14.3. The second-order valence-electron chi connectivity index (χ2n) is 4.63. The number of benzene rings is 1. The zero-order valence-electron chi connectivity index (χ0n) is 10.4. The van der Waals surface area contributed by atoms with Gasteiger partial charge in [-0.1, -0.05) is 41.1 Å². The van der Waals surface area contributed by atoms with Crippen LogP contribution in [-0.4, -0.2) is 21.4 Å². The van der Waals surface area contributed by atoms with E-state index < -0.39 is 0 Å². The quantitative estimate of drug-likeness (QED) is 0.879. The number of hydrogen-bond donors (Lipinski definition) is 1. The van der Waals surface area contributed by atoms with Gasteiger partial charge in [-0.3, -0.25) is 0 Å².